The van der Waals surface area contributed by atoms with Gasteiger partial charge in [-0.15, -0.1) is 0 Å². The Bertz CT molecular complexity index is 701. The van der Waals surface area contributed by atoms with E-state index in [1.165, 1.54) is 25.3 Å². The number of aliphatic imine (C=N–C) groups is 1. The number of sulfonamides is 1. The van der Waals surface area contributed by atoms with Crippen LogP contribution in [-0.2, 0) is 14.8 Å². The molecule has 0 unspecified atom stereocenters. The van der Waals surface area contributed by atoms with Crippen LogP contribution in [0.25, 0.3) is 0 Å². The van der Waals surface area contributed by atoms with Crippen molar-refractivity contribution >= 4 is 37.8 Å². The summed E-state index contributed by atoms with van der Waals surface area (Å²) in [6.07, 6.45) is 3.52. The van der Waals surface area contributed by atoms with Gasteiger partial charge in [0.1, 0.15) is 10.7 Å². The standard InChI is InChI=1S/C14H17BrN2O4S/c1-21-14(18)10-6-7-11(15)12(9-10)22(19,20)17-13-5-3-2-4-8-16-13/h6-7,9H,2-5,8H2,1H3,(H,16,17). The zero-order chi connectivity index (χ0) is 16.2. The molecule has 1 aromatic rings. The van der Waals surface area contributed by atoms with Crippen LogP contribution in [-0.4, -0.2) is 33.9 Å². The van der Waals surface area contributed by atoms with Crippen LogP contribution in [0.5, 0.6) is 0 Å². The topological polar surface area (TPSA) is 84.8 Å². The molecule has 2 rings (SSSR count). The minimum atomic E-state index is -3.81. The van der Waals surface area contributed by atoms with Crippen LogP contribution in [0.3, 0.4) is 0 Å². The summed E-state index contributed by atoms with van der Waals surface area (Å²) in [5, 5.41) is 0. The molecule has 22 heavy (non-hydrogen) atoms. The number of methoxy groups -OCH3 is 1. The number of nitrogens with one attached hydrogen (secondary N) is 1. The third-order valence-electron chi connectivity index (χ3n) is 3.27. The molecule has 6 nitrogen and oxygen atoms in total. The number of hydrogen-bond acceptors (Lipinski definition) is 5. The van der Waals surface area contributed by atoms with E-state index in [9.17, 15) is 13.2 Å². The summed E-state index contributed by atoms with van der Waals surface area (Å²) in [6, 6.07) is 4.29. The molecule has 1 aromatic carbocycles. The van der Waals surface area contributed by atoms with Gasteiger partial charge < -0.3 is 4.74 Å². The lowest BCUT2D eigenvalue weighted by atomic mass is 10.2. The van der Waals surface area contributed by atoms with Crippen molar-refractivity contribution in [3.05, 3.63) is 28.2 Å². The molecule has 0 fully saturated rings. The fourth-order valence-corrected chi connectivity index (χ4v) is 4.20. The van der Waals surface area contributed by atoms with Crippen molar-refractivity contribution in [2.24, 2.45) is 4.99 Å². The average Bonchev–Trinajstić information content (AvgIpc) is 2.74. The third kappa shape index (κ3) is 4.07. The molecule has 0 atom stereocenters. The molecular formula is C14H17BrN2O4S. The highest BCUT2D eigenvalue weighted by Crippen LogP contribution is 2.24. The van der Waals surface area contributed by atoms with Gasteiger partial charge in [-0.3, -0.25) is 9.71 Å². The Morgan fingerprint density at radius 1 is 1.32 bits per heavy atom. The summed E-state index contributed by atoms with van der Waals surface area (Å²) >= 11 is 3.21. The van der Waals surface area contributed by atoms with Crippen LogP contribution >= 0.6 is 15.9 Å². The van der Waals surface area contributed by atoms with Crippen molar-refractivity contribution in [2.75, 3.05) is 13.7 Å². The maximum atomic E-state index is 12.5. The van der Waals surface area contributed by atoms with E-state index in [2.05, 4.69) is 30.4 Å². The Morgan fingerprint density at radius 3 is 2.82 bits per heavy atom. The predicted molar refractivity (Wildman–Crippen MR) is 86.6 cm³/mol. The lowest BCUT2D eigenvalue weighted by Gasteiger charge is -2.12. The summed E-state index contributed by atoms with van der Waals surface area (Å²) in [6.45, 7) is 0.626. The Hall–Kier alpha value is -1.41. The number of esters is 1. The van der Waals surface area contributed by atoms with Crippen LogP contribution in [0.1, 0.15) is 36.0 Å². The summed E-state index contributed by atoms with van der Waals surface area (Å²) in [5.74, 6) is -0.122. The van der Waals surface area contributed by atoms with Crippen molar-refractivity contribution in [1.29, 1.82) is 0 Å². The molecule has 0 radical (unpaired) electrons. The summed E-state index contributed by atoms with van der Waals surface area (Å²) in [5.41, 5.74) is 0.175. The van der Waals surface area contributed by atoms with Gasteiger partial charge in [-0.2, -0.15) is 0 Å². The molecule has 1 heterocycles. The van der Waals surface area contributed by atoms with Gasteiger partial charge in [0.25, 0.3) is 10.0 Å². The quantitative estimate of drug-likeness (QED) is 0.805. The van der Waals surface area contributed by atoms with Crippen molar-refractivity contribution in [3.63, 3.8) is 0 Å². The first-order chi connectivity index (χ1) is 10.4. The van der Waals surface area contributed by atoms with Gasteiger partial charge in [0, 0.05) is 17.4 Å². The van der Waals surface area contributed by atoms with E-state index in [4.69, 9.17) is 0 Å². The molecule has 1 aliphatic rings. The Labute approximate surface area is 138 Å². The fraction of sp³-hybridized carbons (Fsp3) is 0.429. The molecule has 8 heteroatoms. The van der Waals surface area contributed by atoms with E-state index in [1.807, 2.05) is 0 Å². The van der Waals surface area contributed by atoms with Gasteiger partial charge in [-0.25, -0.2) is 13.2 Å². The molecule has 0 aromatic heterocycles. The Kier molecular flexibility index (Phi) is 5.57. The monoisotopic (exact) mass is 388 g/mol. The van der Waals surface area contributed by atoms with E-state index < -0.39 is 16.0 Å². The van der Waals surface area contributed by atoms with Crippen LogP contribution in [0, 0.1) is 0 Å². The van der Waals surface area contributed by atoms with Crippen LogP contribution < -0.4 is 4.72 Å². The minimum absolute atomic E-state index is 0.0117. The summed E-state index contributed by atoms with van der Waals surface area (Å²) < 4.78 is 32.6. The van der Waals surface area contributed by atoms with E-state index >= 15 is 0 Å². The molecule has 0 spiro atoms. The summed E-state index contributed by atoms with van der Waals surface area (Å²) in [7, 11) is -2.56. The van der Waals surface area contributed by atoms with Crippen molar-refractivity contribution in [1.82, 2.24) is 4.72 Å². The van der Waals surface area contributed by atoms with Crippen molar-refractivity contribution in [2.45, 2.75) is 30.6 Å². The van der Waals surface area contributed by atoms with E-state index in [-0.39, 0.29) is 10.5 Å². The van der Waals surface area contributed by atoms with E-state index in [1.54, 1.807) is 0 Å². The van der Waals surface area contributed by atoms with Gasteiger partial charge >= 0.3 is 5.97 Å². The second kappa shape index (κ2) is 7.23. The second-order valence-electron chi connectivity index (χ2n) is 4.88. The number of carbonyl (C=O) groups is 1. The second-order valence-corrected chi connectivity index (χ2v) is 7.39. The number of carbonyl (C=O) groups excluding carboxylic acids is 1. The van der Waals surface area contributed by atoms with Crippen LogP contribution in [0.2, 0.25) is 0 Å². The maximum absolute atomic E-state index is 12.5. The number of amidine groups is 1. The predicted octanol–water partition coefficient (Wildman–Crippen LogP) is 2.49. The summed E-state index contributed by atoms with van der Waals surface area (Å²) in [4.78, 5) is 15.8. The number of nitrogens with zero attached hydrogens (tertiary/aromatic N) is 1. The molecular weight excluding hydrogens is 372 g/mol. The smallest absolute Gasteiger partial charge is 0.337 e. The first-order valence-corrected chi connectivity index (χ1v) is 9.15. The molecule has 120 valence electrons. The third-order valence-corrected chi connectivity index (χ3v) is 5.64. The number of ether oxygens (including phenoxy) is 1. The van der Waals surface area contributed by atoms with Crippen LogP contribution in [0.4, 0.5) is 0 Å². The van der Waals surface area contributed by atoms with Crippen LogP contribution in [0.15, 0.2) is 32.6 Å². The molecule has 0 bridgehead atoms. The molecule has 1 aliphatic heterocycles. The van der Waals surface area contributed by atoms with Crippen molar-refractivity contribution in [3.8, 4) is 0 Å². The highest BCUT2D eigenvalue weighted by Gasteiger charge is 2.22. The number of halogens is 1. The zero-order valence-electron chi connectivity index (χ0n) is 12.1. The Morgan fingerprint density at radius 2 is 2.09 bits per heavy atom. The maximum Gasteiger partial charge on any atom is 0.337 e. The Balaban J connectivity index is 2.32. The molecule has 0 saturated heterocycles. The van der Waals surface area contributed by atoms with Crippen molar-refractivity contribution < 1.29 is 17.9 Å². The van der Waals surface area contributed by atoms with Gasteiger partial charge in [0.05, 0.1) is 12.7 Å². The lowest BCUT2D eigenvalue weighted by Crippen LogP contribution is -2.31. The highest BCUT2D eigenvalue weighted by atomic mass is 79.9. The van der Waals surface area contributed by atoms with Gasteiger partial charge in [-0.05, 0) is 47.0 Å². The van der Waals surface area contributed by atoms with Gasteiger partial charge in [0.2, 0.25) is 0 Å². The van der Waals surface area contributed by atoms with Gasteiger partial charge in [-0.1, -0.05) is 6.42 Å². The number of rotatable bonds is 3. The fourth-order valence-electron chi connectivity index (χ4n) is 2.12. The molecule has 1 N–H and O–H groups in total. The SMILES string of the molecule is COC(=O)c1ccc(Br)c(S(=O)(=O)NC2=NCCCCC2)c1. The van der Waals surface area contributed by atoms with E-state index in [0.717, 1.165) is 19.3 Å². The largest absolute Gasteiger partial charge is 0.465 e. The number of hydrogen-bond donors (Lipinski definition) is 1. The average molecular weight is 389 g/mol. The lowest BCUT2D eigenvalue weighted by molar-refractivity contribution is 0.0600. The molecule has 0 aliphatic carbocycles. The molecule has 0 amide bonds. The molecule has 0 saturated carbocycles. The highest BCUT2D eigenvalue weighted by molar-refractivity contribution is 9.10. The first kappa shape index (κ1) is 17.0. The van der Waals surface area contributed by atoms with E-state index in [0.29, 0.717) is 23.3 Å². The number of benzene rings is 1. The normalized spacial score (nSPS) is 15.6. The van der Waals surface area contributed by atoms with Gasteiger partial charge in [0.15, 0.2) is 0 Å². The minimum Gasteiger partial charge on any atom is -0.465 e. The first-order valence-electron chi connectivity index (χ1n) is 6.88. The zero-order valence-corrected chi connectivity index (χ0v) is 14.5.